The Morgan fingerprint density at radius 2 is 1.06 bits per heavy atom. The molecule has 0 amide bonds. The summed E-state index contributed by atoms with van der Waals surface area (Å²) in [5.41, 5.74) is 0. The molecule has 3 rings (SSSR count). The molecule has 0 bridgehead atoms. The van der Waals surface area contributed by atoms with Gasteiger partial charge in [-0.3, -0.25) is 0 Å². The van der Waals surface area contributed by atoms with Crippen LogP contribution < -0.4 is 10.6 Å². The van der Waals surface area contributed by atoms with Gasteiger partial charge in [-0.1, -0.05) is 19.3 Å². The zero-order valence-corrected chi connectivity index (χ0v) is 11.8. The first-order valence-electron chi connectivity index (χ1n) is 8.35. The van der Waals surface area contributed by atoms with E-state index in [1.54, 1.807) is 6.42 Å². The van der Waals surface area contributed by atoms with Crippen LogP contribution in [0, 0.1) is 23.7 Å². The van der Waals surface area contributed by atoms with Crippen molar-refractivity contribution < 1.29 is 0 Å². The fourth-order valence-electron chi connectivity index (χ4n) is 4.69. The summed E-state index contributed by atoms with van der Waals surface area (Å²) in [5, 5.41) is 7.23. The van der Waals surface area contributed by atoms with Crippen molar-refractivity contribution in [2.45, 2.75) is 51.4 Å². The van der Waals surface area contributed by atoms with Crippen LogP contribution in [0.15, 0.2) is 0 Å². The molecular formula is C16H30N2. The van der Waals surface area contributed by atoms with E-state index in [9.17, 15) is 0 Å². The predicted molar refractivity (Wildman–Crippen MR) is 76.6 cm³/mol. The molecule has 3 fully saturated rings. The summed E-state index contributed by atoms with van der Waals surface area (Å²) in [5.74, 6) is 4.08. The molecule has 4 atom stereocenters. The van der Waals surface area contributed by atoms with Gasteiger partial charge in [0.1, 0.15) is 0 Å². The summed E-state index contributed by atoms with van der Waals surface area (Å²) in [6.45, 7) is 5.14. The Balaban J connectivity index is 1.53. The molecular weight excluding hydrogens is 220 g/mol. The second kappa shape index (κ2) is 6.38. The summed E-state index contributed by atoms with van der Waals surface area (Å²) in [6.07, 6.45) is 11.9. The smallest absolute Gasteiger partial charge is 0.00179 e. The minimum Gasteiger partial charge on any atom is -0.316 e. The molecule has 104 valence electrons. The zero-order chi connectivity index (χ0) is 12.2. The predicted octanol–water partition coefficient (Wildman–Crippen LogP) is 2.79. The minimum atomic E-state index is 0.998. The number of hydrogen-bond acceptors (Lipinski definition) is 2. The maximum atomic E-state index is 3.61. The van der Waals surface area contributed by atoms with Crippen LogP contribution in [0.5, 0.6) is 0 Å². The van der Waals surface area contributed by atoms with Crippen LogP contribution in [0.1, 0.15) is 51.4 Å². The quantitative estimate of drug-likeness (QED) is 0.787. The highest BCUT2D eigenvalue weighted by atomic mass is 14.9. The van der Waals surface area contributed by atoms with Gasteiger partial charge in [-0.25, -0.2) is 0 Å². The highest BCUT2D eigenvalue weighted by Crippen LogP contribution is 2.40. The van der Waals surface area contributed by atoms with Gasteiger partial charge in [0.2, 0.25) is 0 Å². The van der Waals surface area contributed by atoms with Crippen LogP contribution in [0.4, 0.5) is 0 Å². The summed E-state index contributed by atoms with van der Waals surface area (Å²) in [6, 6.07) is 0. The van der Waals surface area contributed by atoms with E-state index in [0.717, 1.165) is 23.7 Å². The van der Waals surface area contributed by atoms with Gasteiger partial charge in [0.25, 0.3) is 0 Å². The molecule has 0 aromatic heterocycles. The summed E-state index contributed by atoms with van der Waals surface area (Å²) in [7, 11) is 0. The van der Waals surface area contributed by atoms with Gasteiger partial charge in [0.05, 0.1) is 0 Å². The van der Waals surface area contributed by atoms with E-state index in [0.29, 0.717) is 0 Å². The highest BCUT2D eigenvalue weighted by Gasteiger charge is 2.33. The lowest BCUT2D eigenvalue weighted by molar-refractivity contribution is 0.121. The molecule has 3 aliphatic rings. The van der Waals surface area contributed by atoms with Crippen LogP contribution in [-0.2, 0) is 0 Å². The van der Waals surface area contributed by atoms with E-state index in [1.165, 1.54) is 71.1 Å². The average Bonchev–Trinajstić information content (AvgIpc) is 2.49. The molecule has 1 saturated carbocycles. The van der Waals surface area contributed by atoms with Gasteiger partial charge in [0.15, 0.2) is 0 Å². The number of piperidine rings is 2. The first-order valence-corrected chi connectivity index (χ1v) is 8.35. The third-order valence-corrected chi connectivity index (χ3v) is 5.76. The van der Waals surface area contributed by atoms with Gasteiger partial charge in [-0.05, 0) is 82.0 Å². The summed E-state index contributed by atoms with van der Waals surface area (Å²) < 4.78 is 0. The van der Waals surface area contributed by atoms with E-state index in [1.807, 2.05) is 0 Å². The van der Waals surface area contributed by atoms with Gasteiger partial charge >= 0.3 is 0 Å². The van der Waals surface area contributed by atoms with Gasteiger partial charge in [0, 0.05) is 0 Å². The minimum absolute atomic E-state index is 0.998. The van der Waals surface area contributed by atoms with Crippen molar-refractivity contribution in [3.8, 4) is 0 Å². The topological polar surface area (TPSA) is 24.1 Å². The summed E-state index contributed by atoms with van der Waals surface area (Å²) in [4.78, 5) is 0. The van der Waals surface area contributed by atoms with Gasteiger partial charge < -0.3 is 10.6 Å². The third kappa shape index (κ3) is 3.08. The van der Waals surface area contributed by atoms with Crippen LogP contribution in [0.2, 0.25) is 0 Å². The lowest BCUT2D eigenvalue weighted by Crippen LogP contribution is -2.39. The first-order chi connectivity index (χ1) is 8.93. The zero-order valence-electron chi connectivity index (χ0n) is 11.8. The Bertz CT molecular complexity index is 217. The van der Waals surface area contributed by atoms with Crippen molar-refractivity contribution >= 4 is 0 Å². The molecule has 1 aliphatic carbocycles. The Kier molecular flexibility index (Phi) is 4.58. The molecule has 2 aliphatic heterocycles. The number of hydrogen-bond donors (Lipinski definition) is 2. The maximum Gasteiger partial charge on any atom is -0.00179 e. The lowest BCUT2D eigenvalue weighted by atomic mass is 9.68. The van der Waals surface area contributed by atoms with E-state index in [2.05, 4.69) is 10.6 Å². The molecule has 0 radical (unpaired) electrons. The first kappa shape index (κ1) is 12.9. The molecule has 2 heterocycles. The van der Waals surface area contributed by atoms with Crippen LogP contribution in [0.3, 0.4) is 0 Å². The van der Waals surface area contributed by atoms with Crippen LogP contribution >= 0.6 is 0 Å². The Hall–Kier alpha value is -0.0800. The Labute approximate surface area is 112 Å². The normalized spacial score (nSPS) is 42.7. The molecule has 2 heteroatoms. The highest BCUT2D eigenvalue weighted by molar-refractivity contribution is 4.86. The third-order valence-electron chi connectivity index (χ3n) is 5.76. The van der Waals surface area contributed by atoms with E-state index < -0.39 is 0 Å². The van der Waals surface area contributed by atoms with Crippen molar-refractivity contribution in [2.75, 3.05) is 26.2 Å². The lowest BCUT2D eigenvalue weighted by Gasteiger charge is -2.40. The number of nitrogens with one attached hydrogen (secondary N) is 2. The van der Waals surface area contributed by atoms with Crippen LogP contribution in [0.25, 0.3) is 0 Å². The molecule has 2 saturated heterocycles. The van der Waals surface area contributed by atoms with Gasteiger partial charge in [-0.15, -0.1) is 0 Å². The van der Waals surface area contributed by atoms with E-state index in [4.69, 9.17) is 0 Å². The van der Waals surface area contributed by atoms with Crippen molar-refractivity contribution in [2.24, 2.45) is 23.7 Å². The van der Waals surface area contributed by atoms with Crippen LogP contribution in [-0.4, -0.2) is 26.2 Å². The van der Waals surface area contributed by atoms with Crippen molar-refractivity contribution in [1.29, 1.82) is 0 Å². The fraction of sp³-hybridized carbons (Fsp3) is 1.00. The molecule has 18 heavy (non-hydrogen) atoms. The molecule has 0 spiro atoms. The fourth-order valence-corrected chi connectivity index (χ4v) is 4.69. The van der Waals surface area contributed by atoms with E-state index in [-0.39, 0.29) is 0 Å². The van der Waals surface area contributed by atoms with E-state index >= 15 is 0 Å². The maximum absolute atomic E-state index is 3.61. The second-order valence-electron chi connectivity index (χ2n) is 6.90. The number of rotatable bonds is 2. The standard InChI is InChI=1S/C16H30N2/c1-4-13(15-6-2-8-17-11-15)10-14(5-1)16-7-3-9-18-12-16/h13-18H,1-12H2. The molecule has 0 aromatic carbocycles. The Morgan fingerprint density at radius 1 is 0.556 bits per heavy atom. The monoisotopic (exact) mass is 250 g/mol. The largest absolute Gasteiger partial charge is 0.316 e. The molecule has 2 nitrogen and oxygen atoms in total. The molecule has 0 aromatic rings. The van der Waals surface area contributed by atoms with Crippen molar-refractivity contribution in [3.05, 3.63) is 0 Å². The average molecular weight is 250 g/mol. The molecule has 2 N–H and O–H groups in total. The molecule has 4 unspecified atom stereocenters. The van der Waals surface area contributed by atoms with Crippen molar-refractivity contribution in [3.63, 3.8) is 0 Å². The second-order valence-corrected chi connectivity index (χ2v) is 6.90. The van der Waals surface area contributed by atoms with Crippen molar-refractivity contribution in [1.82, 2.24) is 10.6 Å². The summed E-state index contributed by atoms with van der Waals surface area (Å²) >= 11 is 0. The Morgan fingerprint density at radius 3 is 1.50 bits per heavy atom. The van der Waals surface area contributed by atoms with Gasteiger partial charge in [-0.2, -0.15) is 0 Å². The SMILES string of the molecule is C1CNCC(C2CCCC(C3CCCNC3)C2)C1.